The first-order valence-corrected chi connectivity index (χ1v) is 5.33. The molecule has 0 radical (unpaired) electrons. The fraction of sp³-hybridized carbons (Fsp3) is 0.455. The van der Waals surface area contributed by atoms with E-state index in [4.69, 9.17) is 16.3 Å². The van der Waals surface area contributed by atoms with Gasteiger partial charge >= 0.3 is 0 Å². The highest BCUT2D eigenvalue weighted by molar-refractivity contribution is 6.31. The van der Waals surface area contributed by atoms with Gasteiger partial charge in [-0.2, -0.15) is 0 Å². The number of rotatable bonds is 0. The lowest BCUT2D eigenvalue weighted by molar-refractivity contribution is 0.0300. The Kier molecular flexibility index (Phi) is 3.21. The molecule has 4 heteroatoms. The standard InChI is InChI=1S/C11H12ClNO.ClH/c12-10-3-1-2-7-8-4-13-5-11(8)14-6-9(7)10;/h1-3,8,11,13H,4-6H2;1H/t8-,11+;/m0./s1. The third kappa shape index (κ3) is 1.76. The minimum Gasteiger partial charge on any atom is -0.371 e. The summed E-state index contributed by atoms with van der Waals surface area (Å²) in [6, 6.07) is 6.14. The second-order valence-electron chi connectivity index (χ2n) is 3.92. The van der Waals surface area contributed by atoms with Crippen LogP contribution in [0.4, 0.5) is 0 Å². The highest BCUT2D eigenvalue weighted by Crippen LogP contribution is 2.36. The molecule has 0 saturated carbocycles. The van der Waals surface area contributed by atoms with E-state index in [9.17, 15) is 0 Å². The van der Waals surface area contributed by atoms with E-state index in [0.29, 0.717) is 18.6 Å². The normalized spacial score (nSPS) is 27.8. The lowest BCUT2D eigenvalue weighted by Crippen LogP contribution is -2.26. The molecular weight excluding hydrogens is 233 g/mol. The third-order valence-electron chi connectivity index (χ3n) is 3.15. The van der Waals surface area contributed by atoms with Crippen LogP contribution in [0.25, 0.3) is 0 Å². The van der Waals surface area contributed by atoms with Gasteiger partial charge in [-0.25, -0.2) is 0 Å². The highest BCUT2D eigenvalue weighted by atomic mass is 35.5. The predicted octanol–water partition coefficient (Wildman–Crippen LogP) is 2.35. The average Bonchev–Trinajstić information content (AvgIpc) is 2.66. The highest BCUT2D eigenvalue weighted by Gasteiger charge is 2.34. The number of hydrogen-bond acceptors (Lipinski definition) is 2. The second-order valence-corrected chi connectivity index (χ2v) is 4.33. The Labute approximate surface area is 100 Å². The van der Waals surface area contributed by atoms with Gasteiger partial charge in [0, 0.05) is 24.0 Å². The van der Waals surface area contributed by atoms with Gasteiger partial charge in [0.1, 0.15) is 0 Å². The van der Waals surface area contributed by atoms with Gasteiger partial charge in [0.15, 0.2) is 0 Å². The number of halogens is 2. The van der Waals surface area contributed by atoms with Crippen molar-refractivity contribution in [1.82, 2.24) is 5.32 Å². The van der Waals surface area contributed by atoms with Crippen LogP contribution >= 0.6 is 24.0 Å². The number of benzene rings is 1. The molecule has 1 aromatic carbocycles. The molecule has 0 spiro atoms. The lowest BCUT2D eigenvalue weighted by atomic mass is 9.90. The molecule has 15 heavy (non-hydrogen) atoms. The van der Waals surface area contributed by atoms with Crippen molar-refractivity contribution in [3.05, 3.63) is 34.3 Å². The summed E-state index contributed by atoms with van der Waals surface area (Å²) in [5.41, 5.74) is 2.55. The SMILES string of the molecule is Cl.Clc1cccc2c1CO[C@@H]1CNC[C@@H]21. The summed E-state index contributed by atoms with van der Waals surface area (Å²) in [4.78, 5) is 0. The van der Waals surface area contributed by atoms with Crippen LogP contribution < -0.4 is 5.32 Å². The van der Waals surface area contributed by atoms with Gasteiger partial charge in [0.25, 0.3) is 0 Å². The van der Waals surface area contributed by atoms with Crippen LogP contribution in [0.1, 0.15) is 17.0 Å². The maximum absolute atomic E-state index is 6.13. The molecule has 0 aromatic heterocycles. The van der Waals surface area contributed by atoms with Gasteiger partial charge in [-0.05, 0) is 17.2 Å². The molecule has 82 valence electrons. The molecular formula is C11H13Cl2NO. The van der Waals surface area contributed by atoms with E-state index in [2.05, 4.69) is 11.4 Å². The Bertz CT molecular complexity index is 370. The van der Waals surface area contributed by atoms with Crippen molar-refractivity contribution in [2.45, 2.75) is 18.6 Å². The van der Waals surface area contributed by atoms with E-state index in [1.165, 1.54) is 11.1 Å². The fourth-order valence-electron chi connectivity index (χ4n) is 2.41. The van der Waals surface area contributed by atoms with Crippen molar-refractivity contribution in [1.29, 1.82) is 0 Å². The zero-order valence-electron chi connectivity index (χ0n) is 8.20. The minimum atomic E-state index is 0. The summed E-state index contributed by atoms with van der Waals surface area (Å²) in [6.07, 6.45) is 0.348. The first-order chi connectivity index (χ1) is 6.86. The maximum Gasteiger partial charge on any atom is 0.0784 e. The Morgan fingerprint density at radius 3 is 3.07 bits per heavy atom. The van der Waals surface area contributed by atoms with Gasteiger partial charge < -0.3 is 10.1 Å². The molecule has 2 aliphatic rings. The van der Waals surface area contributed by atoms with Crippen LogP contribution in [0.3, 0.4) is 0 Å². The van der Waals surface area contributed by atoms with Gasteiger partial charge in [-0.1, -0.05) is 23.7 Å². The van der Waals surface area contributed by atoms with Gasteiger partial charge in [-0.15, -0.1) is 12.4 Å². The molecule has 2 heterocycles. The van der Waals surface area contributed by atoms with E-state index in [1.54, 1.807) is 0 Å². The number of hydrogen-bond donors (Lipinski definition) is 1. The smallest absolute Gasteiger partial charge is 0.0784 e. The first-order valence-electron chi connectivity index (χ1n) is 4.96. The summed E-state index contributed by atoms with van der Waals surface area (Å²) in [6.45, 7) is 2.65. The van der Waals surface area contributed by atoms with Crippen molar-refractivity contribution in [3.63, 3.8) is 0 Å². The van der Waals surface area contributed by atoms with Crippen LogP contribution in [-0.2, 0) is 11.3 Å². The van der Waals surface area contributed by atoms with Gasteiger partial charge in [-0.3, -0.25) is 0 Å². The third-order valence-corrected chi connectivity index (χ3v) is 3.51. The van der Waals surface area contributed by atoms with Crippen LogP contribution in [0.2, 0.25) is 5.02 Å². The van der Waals surface area contributed by atoms with Crippen molar-refractivity contribution in [2.24, 2.45) is 0 Å². The Balaban J connectivity index is 0.000000853. The molecule has 0 aliphatic carbocycles. The second kappa shape index (κ2) is 4.30. The van der Waals surface area contributed by atoms with E-state index in [1.807, 2.05) is 12.1 Å². The quantitative estimate of drug-likeness (QED) is 0.758. The van der Waals surface area contributed by atoms with E-state index in [0.717, 1.165) is 18.1 Å². The topological polar surface area (TPSA) is 21.3 Å². The van der Waals surface area contributed by atoms with Crippen LogP contribution in [0.15, 0.2) is 18.2 Å². The number of ether oxygens (including phenoxy) is 1. The van der Waals surface area contributed by atoms with Crippen LogP contribution in [0.5, 0.6) is 0 Å². The van der Waals surface area contributed by atoms with Crippen molar-refractivity contribution in [3.8, 4) is 0 Å². The molecule has 3 rings (SSSR count). The minimum absolute atomic E-state index is 0. The molecule has 1 aromatic rings. The van der Waals surface area contributed by atoms with Crippen molar-refractivity contribution < 1.29 is 4.74 Å². The Morgan fingerprint density at radius 2 is 2.20 bits per heavy atom. The molecule has 2 nitrogen and oxygen atoms in total. The van der Waals surface area contributed by atoms with Gasteiger partial charge in [0.2, 0.25) is 0 Å². The number of nitrogens with one attached hydrogen (secondary N) is 1. The summed E-state index contributed by atoms with van der Waals surface area (Å²) in [5.74, 6) is 0.498. The molecule has 0 bridgehead atoms. The Hall–Kier alpha value is -0.280. The zero-order chi connectivity index (χ0) is 9.54. The fourth-order valence-corrected chi connectivity index (χ4v) is 2.64. The van der Waals surface area contributed by atoms with Gasteiger partial charge in [0.05, 0.1) is 12.7 Å². The number of fused-ring (bicyclic) bond motifs is 3. The molecule has 2 atom stereocenters. The molecule has 1 N–H and O–H groups in total. The van der Waals surface area contributed by atoms with Crippen LogP contribution in [0, 0.1) is 0 Å². The summed E-state index contributed by atoms with van der Waals surface area (Å²) in [5, 5.41) is 4.20. The monoisotopic (exact) mass is 245 g/mol. The largest absolute Gasteiger partial charge is 0.371 e. The Morgan fingerprint density at radius 1 is 1.33 bits per heavy atom. The molecule has 0 unspecified atom stereocenters. The van der Waals surface area contributed by atoms with Crippen LogP contribution in [-0.4, -0.2) is 19.2 Å². The van der Waals surface area contributed by atoms with E-state index in [-0.39, 0.29) is 12.4 Å². The zero-order valence-corrected chi connectivity index (χ0v) is 9.77. The molecule has 1 saturated heterocycles. The van der Waals surface area contributed by atoms with Crippen molar-refractivity contribution >= 4 is 24.0 Å². The van der Waals surface area contributed by atoms with Crippen molar-refractivity contribution in [2.75, 3.05) is 13.1 Å². The summed E-state index contributed by atoms with van der Waals surface area (Å²) < 4.78 is 5.76. The molecule has 0 amide bonds. The molecule has 1 fully saturated rings. The summed E-state index contributed by atoms with van der Waals surface area (Å²) >= 11 is 6.13. The summed E-state index contributed by atoms with van der Waals surface area (Å²) in [7, 11) is 0. The maximum atomic E-state index is 6.13. The lowest BCUT2D eigenvalue weighted by Gasteiger charge is -2.28. The average molecular weight is 246 g/mol. The molecule has 2 aliphatic heterocycles. The van der Waals surface area contributed by atoms with E-state index >= 15 is 0 Å². The first kappa shape index (κ1) is 11.2. The van der Waals surface area contributed by atoms with E-state index < -0.39 is 0 Å². The predicted molar refractivity (Wildman–Crippen MR) is 62.9 cm³/mol.